The number of nitrogens with zero attached hydrogens (tertiary/aromatic N) is 4. The predicted molar refractivity (Wildman–Crippen MR) is 142 cm³/mol. The van der Waals surface area contributed by atoms with Crippen molar-refractivity contribution < 1.29 is 14.3 Å². The van der Waals surface area contributed by atoms with E-state index >= 15 is 0 Å². The molecule has 0 atom stereocenters. The van der Waals surface area contributed by atoms with Crippen LogP contribution in [0.5, 0.6) is 11.5 Å². The molecule has 0 aliphatic carbocycles. The van der Waals surface area contributed by atoms with Gasteiger partial charge in [-0.3, -0.25) is 4.79 Å². The molecule has 0 saturated carbocycles. The van der Waals surface area contributed by atoms with Crippen molar-refractivity contribution in [3.8, 4) is 11.5 Å². The summed E-state index contributed by atoms with van der Waals surface area (Å²) in [6.45, 7) is 7.56. The smallest absolute Gasteiger partial charge is 0.224 e. The first-order valence-electron chi connectivity index (χ1n) is 11.9. The third-order valence-electron chi connectivity index (χ3n) is 5.99. The zero-order chi connectivity index (χ0) is 25.4. The molecule has 0 aliphatic rings. The van der Waals surface area contributed by atoms with Gasteiger partial charge in [-0.2, -0.15) is 4.37 Å². The third-order valence-corrected chi connectivity index (χ3v) is 6.78. The Balaban J connectivity index is 1.54. The second-order valence-electron chi connectivity index (χ2n) is 8.95. The van der Waals surface area contributed by atoms with Gasteiger partial charge in [0.1, 0.15) is 5.82 Å². The van der Waals surface area contributed by atoms with E-state index in [1.54, 1.807) is 19.1 Å². The van der Waals surface area contributed by atoms with E-state index in [0.29, 0.717) is 37.4 Å². The quantitative estimate of drug-likeness (QED) is 0.360. The van der Waals surface area contributed by atoms with Crippen LogP contribution in [0.1, 0.15) is 42.8 Å². The molecule has 3 rings (SSSR count). The van der Waals surface area contributed by atoms with Crippen LogP contribution in [0.2, 0.25) is 0 Å². The second-order valence-corrected chi connectivity index (χ2v) is 9.68. The molecule has 1 aromatic heterocycles. The second kappa shape index (κ2) is 12.5. The maximum atomic E-state index is 12.8. The van der Waals surface area contributed by atoms with Crippen molar-refractivity contribution in [1.82, 2.24) is 14.3 Å². The lowest BCUT2D eigenvalue weighted by molar-refractivity contribution is -0.129. The van der Waals surface area contributed by atoms with Gasteiger partial charge in [-0.05, 0) is 50.5 Å². The lowest BCUT2D eigenvalue weighted by atomic mass is 10.1. The van der Waals surface area contributed by atoms with Crippen LogP contribution >= 0.6 is 11.5 Å². The minimum atomic E-state index is 0.112. The summed E-state index contributed by atoms with van der Waals surface area (Å²) in [5.41, 5.74) is 3.54. The van der Waals surface area contributed by atoms with Crippen molar-refractivity contribution in [2.24, 2.45) is 0 Å². The van der Waals surface area contributed by atoms with E-state index in [9.17, 15) is 4.79 Å². The predicted octanol–water partition coefficient (Wildman–Crippen LogP) is 4.76. The van der Waals surface area contributed by atoms with Gasteiger partial charge in [0.25, 0.3) is 0 Å². The van der Waals surface area contributed by atoms with Gasteiger partial charge in [-0.1, -0.05) is 35.9 Å². The van der Waals surface area contributed by atoms with Gasteiger partial charge in [-0.15, -0.1) is 0 Å². The first-order valence-corrected chi connectivity index (χ1v) is 12.7. The van der Waals surface area contributed by atoms with Crippen LogP contribution in [0.25, 0.3) is 0 Å². The Labute approximate surface area is 212 Å². The Hall–Kier alpha value is -3.13. The van der Waals surface area contributed by atoms with Crippen LogP contribution in [-0.2, 0) is 17.6 Å². The molecule has 0 N–H and O–H groups in total. The standard InChI is InChI=1S/C27H36N4O3S/c1-19(2)31(27-28-25(29-35-27)18-21-9-7-20(3)8-10-21)16-14-26(32)30(4)15-13-22-11-12-23(33-5)24(17-22)34-6/h7-12,17,19H,13-16,18H2,1-6H3. The van der Waals surface area contributed by atoms with Crippen LogP contribution < -0.4 is 14.4 Å². The normalized spacial score (nSPS) is 10.9. The SMILES string of the molecule is COc1ccc(CCN(C)C(=O)CCN(c2nc(Cc3ccc(C)cc3)ns2)C(C)C)cc1OC. The van der Waals surface area contributed by atoms with Crippen molar-refractivity contribution in [2.75, 3.05) is 39.3 Å². The van der Waals surface area contributed by atoms with Crippen LogP contribution in [0.4, 0.5) is 5.13 Å². The van der Waals surface area contributed by atoms with E-state index in [1.807, 2.05) is 25.2 Å². The number of ether oxygens (including phenoxy) is 2. The van der Waals surface area contributed by atoms with Gasteiger partial charge in [0.2, 0.25) is 11.0 Å². The number of hydrogen-bond donors (Lipinski definition) is 0. The number of aryl methyl sites for hydroxylation is 1. The molecule has 0 aliphatic heterocycles. The molecule has 2 aromatic carbocycles. The Morgan fingerprint density at radius 2 is 1.69 bits per heavy atom. The number of likely N-dealkylation sites (N-methyl/N-ethyl adjacent to an activating group) is 1. The number of aromatic nitrogens is 2. The molecule has 0 fully saturated rings. The first kappa shape index (κ1) is 26.5. The maximum Gasteiger partial charge on any atom is 0.224 e. The lowest BCUT2D eigenvalue weighted by Gasteiger charge is -2.26. The van der Waals surface area contributed by atoms with Crippen LogP contribution in [-0.4, -0.2) is 60.6 Å². The Kier molecular flexibility index (Phi) is 9.48. The van der Waals surface area contributed by atoms with E-state index in [1.165, 1.54) is 22.7 Å². The van der Waals surface area contributed by atoms with Gasteiger partial charge in [0, 0.05) is 50.6 Å². The summed E-state index contributed by atoms with van der Waals surface area (Å²) in [6, 6.07) is 14.5. The van der Waals surface area contributed by atoms with Gasteiger partial charge >= 0.3 is 0 Å². The highest BCUT2D eigenvalue weighted by molar-refractivity contribution is 7.09. The zero-order valence-corrected chi connectivity index (χ0v) is 22.4. The molecule has 188 valence electrons. The number of hydrogen-bond acceptors (Lipinski definition) is 7. The molecular formula is C27H36N4O3S. The molecule has 0 radical (unpaired) electrons. The van der Waals surface area contributed by atoms with Gasteiger partial charge in [0.05, 0.1) is 14.2 Å². The zero-order valence-electron chi connectivity index (χ0n) is 21.6. The minimum absolute atomic E-state index is 0.112. The highest BCUT2D eigenvalue weighted by atomic mass is 32.1. The van der Waals surface area contributed by atoms with Crippen molar-refractivity contribution in [1.29, 1.82) is 0 Å². The number of rotatable bonds is 12. The summed E-state index contributed by atoms with van der Waals surface area (Å²) < 4.78 is 15.2. The monoisotopic (exact) mass is 496 g/mol. The number of carbonyl (C=O) groups excluding carboxylic acids is 1. The molecule has 0 bridgehead atoms. The van der Waals surface area contributed by atoms with Crippen molar-refractivity contribution in [3.05, 3.63) is 65.0 Å². The fourth-order valence-corrected chi connectivity index (χ4v) is 4.61. The molecule has 1 amide bonds. The summed E-state index contributed by atoms with van der Waals surface area (Å²) in [4.78, 5) is 21.6. The number of carbonyl (C=O) groups is 1. The van der Waals surface area contributed by atoms with E-state index in [0.717, 1.165) is 22.9 Å². The summed E-state index contributed by atoms with van der Waals surface area (Å²) in [6.07, 6.45) is 1.88. The largest absolute Gasteiger partial charge is 0.493 e. The number of benzene rings is 2. The fraction of sp³-hybridized carbons (Fsp3) is 0.444. The number of anilines is 1. The fourth-order valence-electron chi connectivity index (χ4n) is 3.76. The van der Waals surface area contributed by atoms with Crippen LogP contribution in [0, 0.1) is 6.92 Å². The molecule has 7 nitrogen and oxygen atoms in total. The number of amides is 1. The maximum absolute atomic E-state index is 12.8. The van der Waals surface area contributed by atoms with Gasteiger partial charge < -0.3 is 19.3 Å². The highest BCUT2D eigenvalue weighted by Crippen LogP contribution is 2.28. The van der Waals surface area contributed by atoms with Crippen molar-refractivity contribution in [3.63, 3.8) is 0 Å². The Bertz CT molecular complexity index is 1100. The van der Waals surface area contributed by atoms with E-state index in [2.05, 4.69) is 54.3 Å². The van der Waals surface area contributed by atoms with Crippen LogP contribution in [0.15, 0.2) is 42.5 Å². The molecule has 8 heteroatoms. The third kappa shape index (κ3) is 7.42. The van der Waals surface area contributed by atoms with Crippen molar-refractivity contribution in [2.45, 2.75) is 46.1 Å². The molecule has 0 spiro atoms. The highest BCUT2D eigenvalue weighted by Gasteiger charge is 2.19. The summed E-state index contributed by atoms with van der Waals surface area (Å²) in [5.74, 6) is 2.33. The summed E-state index contributed by atoms with van der Waals surface area (Å²) in [5, 5.41) is 0.864. The minimum Gasteiger partial charge on any atom is -0.493 e. The molecule has 1 heterocycles. The molecule has 35 heavy (non-hydrogen) atoms. The topological polar surface area (TPSA) is 67.8 Å². The Morgan fingerprint density at radius 3 is 2.34 bits per heavy atom. The molecular weight excluding hydrogens is 460 g/mol. The first-order chi connectivity index (χ1) is 16.8. The summed E-state index contributed by atoms with van der Waals surface area (Å²) >= 11 is 1.40. The van der Waals surface area contributed by atoms with E-state index in [-0.39, 0.29) is 11.9 Å². The van der Waals surface area contributed by atoms with Crippen LogP contribution in [0.3, 0.4) is 0 Å². The van der Waals surface area contributed by atoms with Gasteiger partial charge in [-0.25, -0.2) is 4.98 Å². The average Bonchev–Trinajstić information content (AvgIpc) is 3.31. The molecule has 0 saturated heterocycles. The Morgan fingerprint density at radius 1 is 1.00 bits per heavy atom. The molecule has 0 unspecified atom stereocenters. The number of methoxy groups -OCH3 is 2. The summed E-state index contributed by atoms with van der Waals surface area (Å²) in [7, 11) is 5.10. The molecule has 3 aromatic rings. The average molecular weight is 497 g/mol. The van der Waals surface area contributed by atoms with Gasteiger partial charge in [0.15, 0.2) is 11.5 Å². The van der Waals surface area contributed by atoms with E-state index in [4.69, 9.17) is 14.5 Å². The van der Waals surface area contributed by atoms with E-state index < -0.39 is 0 Å². The van der Waals surface area contributed by atoms with Crippen molar-refractivity contribution >= 4 is 22.6 Å². The lowest BCUT2D eigenvalue weighted by Crippen LogP contribution is -2.36.